The lowest BCUT2D eigenvalue weighted by Gasteiger charge is -2.36. The van der Waals surface area contributed by atoms with E-state index in [1.54, 1.807) is 70.6 Å². The van der Waals surface area contributed by atoms with Gasteiger partial charge < -0.3 is 44.8 Å². The molecule has 0 fully saturated rings. The molecule has 2 aromatic rings. The van der Waals surface area contributed by atoms with E-state index >= 15 is 0 Å². The second kappa shape index (κ2) is 14.8. The average molecular weight is 738 g/mol. The van der Waals surface area contributed by atoms with Gasteiger partial charge in [-0.05, 0) is 26.8 Å². The number of aliphatic hydroxyl groups is 3. The summed E-state index contributed by atoms with van der Waals surface area (Å²) >= 11 is 0. The van der Waals surface area contributed by atoms with E-state index < -0.39 is 89.0 Å². The predicted octanol–water partition coefficient (Wildman–Crippen LogP) is 4.39. The molecule has 13 nitrogen and oxygen atoms in total. The first-order valence-corrected chi connectivity index (χ1v) is 18.1. The summed E-state index contributed by atoms with van der Waals surface area (Å²) in [7, 11) is 1.44. The molecule has 13 heteroatoms. The number of phenols is 3. The van der Waals surface area contributed by atoms with Gasteiger partial charge in [0.05, 0.1) is 41.6 Å². The maximum absolute atomic E-state index is 14.3. The molecule has 2 aromatic carbocycles. The van der Waals surface area contributed by atoms with E-state index in [4.69, 9.17) is 14.2 Å². The van der Waals surface area contributed by atoms with Crippen LogP contribution in [0.5, 0.6) is 23.0 Å². The molecule has 6 rings (SSSR count). The maximum atomic E-state index is 14.3. The van der Waals surface area contributed by atoms with Crippen molar-refractivity contribution in [2.75, 3.05) is 18.6 Å². The van der Waals surface area contributed by atoms with Gasteiger partial charge >= 0.3 is 5.79 Å². The van der Waals surface area contributed by atoms with Gasteiger partial charge in [0.25, 0.3) is 11.7 Å². The van der Waals surface area contributed by atoms with Crippen LogP contribution in [0.25, 0.3) is 10.8 Å². The Bertz CT molecular complexity index is 1930. The Morgan fingerprint density at radius 1 is 0.887 bits per heavy atom. The number of amides is 1. The van der Waals surface area contributed by atoms with Gasteiger partial charge in [-0.15, -0.1) is 0 Å². The van der Waals surface area contributed by atoms with E-state index in [9.17, 15) is 40.2 Å². The van der Waals surface area contributed by atoms with Crippen molar-refractivity contribution in [1.82, 2.24) is 0 Å². The zero-order chi connectivity index (χ0) is 39.4. The van der Waals surface area contributed by atoms with Gasteiger partial charge in [0.2, 0.25) is 6.17 Å². The van der Waals surface area contributed by atoms with E-state index in [0.717, 1.165) is 0 Å². The molecular weight excluding hydrogens is 684 g/mol. The number of carbonyl (C=O) groups excluding carboxylic acids is 2. The van der Waals surface area contributed by atoms with Crippen molar-refractivity contribution in [2.45, 2.75) is 98.7 Å². The molecule has 0 saturated carbocycles. The Morgan fingerprint density at radius 3 is 2.13 bits per heavy atom. The molecule has 4 aliphatic heterocycles. The van der Waals surface area contributed by atoms with Crippen molar-refractivity contribution in [2.24, 2.45) is 23.7 Å². The summed E-state index contributed by atoms with van der Waals surface area (Å²) in [5.41, 5.74) is 0.254. The van der Waals surface area contributed by atoms with E-state index in [1.165, 1.54) is 38.2 Å². The van der Waals surface area contributed by atoms with Gasteiger partial charge in [-0.2, -0.15) is 0 Å². The van der Waals surface area contributed by atoms with Crippen LogP contribution in [0.1, 0.15) is 76.9 Å². The van der Waals surface area contributed by atoms with Crippen LogP contribution >= 0.6 is 0 Å². The number of hydrogen-bond donors (Lipinski definition) is 6. The number of ether oxygens (including phenoxy) is 3. The summed E-state index contributed by atoms with van der Waals surface area (Å²) in [5.74, 6) is -7.03. The highest BCUT2D eigenvalue weighted by atomic mass is 16.7. The molecule has 4 heterocycles. The van der Waals surface area contributed by atoms with Gasteiger partial charge in [-0.25, -0.2) is 9.48 Å². The Morgan fingerprint density at radius 2 is 1.51 bits per heavy atom. The number of nitrogens with zero attached hydrogens (tertiary/aromatic N) is 2. The predicted molar refractivity (Wildman–Crippen MR) is 199 cm³/mol. The van der Waals surface area contributed by atoms with Crippen LogP contribution in [0.2, 0.25) is 0 Å². The van der Waals surface area contributed by atoms with Crippen LogP contribution in [0, 0.1) is 30.6 Å². The standard InChI is InChI=1S/C40H52N2O11/c1-11-41-17-25-30-36(48)28-27(35(25)47)29-37(23(7)34(28)46)53-40(9,38(29)49)52-16-15-26(51-10)20(4)32(44)22(6)33(45)21(5)31(43)18(2)13-12-14-19(3)39(50)42(30)24(41)8/h12-18,20-22,24,26,31-33,43-45H,11H2,1-10H3,(H2,46,48,49)/p+1. The molecule has 10 atom stereocenters. The van der Waals surface area contributed by atoms with Gasteiger partial charge in [-0.1, -0.05) is 45.9 Å². The van der Waals surface area contributed by atoms with E-state index in [1.807, 2.05) is 6.92 Å². The van der Waals surface area contributed by atoms with Crippen molar-refractivity contribution < 1.29 is 59.0 Å². The number of anilines is 1. The fraction of sp³-hybridized carbons (Fsp3) is 0.525. The third-order valence-electron chi connectivity index (χ3n) is 11.5. The molecule has 4 aliphatic rings. The first-order chi connectivity index (χ1) is 24.8. The average Bonchev–Trinajstić information content (AvgIpc) is 3.40. The molecule has 0 aliphatic carbocycles. The number of Topliss-reactive ketones (excluding diaryl/α,β-unsaturated/α-hetero) is 1. The highest BCUT2D eigenvalue weighted by molar-refractivity contribution is 6.24. The van der Waals surface area contributed by atoms with E-state index in [0.29, 0.717) is 6.54 Å². The molecule has 0 aromatic heterocycles. The third-order valence-corrected chi connectivity index (χ3v) is 11.5. The Kier molecular flexibility index (Phi) is 11.1. The molecule has 6 N–H and O–H groups in total. The van der Waals surface area contributed by atoms with Crippen molar-refractivity contribution in [3.8, 4) is 23.0 Å². The monoisotopic (exact) mass is 737 g/mol. The number of hydrogen-bond acceptors (Lipinski definition) is 11. The molecule has 1 amide bonds. The number of aliphatic hydroxyl groups excluding tert-OH is 3. The minimum Gasteiger partial charge on any atom is -0.507 e. The van der Waals surface area contributed by atoms with Crippen LogP contribution in [-0.2, 0) is 14.3 Å². The highest BCUT2D eigenvalue weighted by Gasteiger charge is 2.51. The summed E-state index contributed by atoms with van der Waals surface area (Å²) in [6.07, 6.45) is 4.67. The quantitative estimate of drug-likeness (QED) is 0.190. The first-order valence-electron chi connectivity index (χ1n) is 18.1. The number of fused-ring (bicyclic) bond motifs is 12. The molecule has 0 spiro atoms. The topological polar surface area (TPSA) is 189 Å². The van der Waals surface area contributed by atoms with Crippen molar-refractivity contribution in [3.05, 3.63) is 52.8 Å². The minimum atomic E-state index is -1.98. The summed E-state index contributed by atoms with van der Waals surface area (Å²) in [4.78, 5) is 29.8. The fourth-order valence-corrected chi connectivity index (χ4v) is 7.79. The molecule has 288 valence electrons. The third kappa shape index (κ3) is 6.47. The SMILES string of the molecule is CC[N+]1=Cc2c3c(O)c4c(O)c(C)c5c(c4c2O)C(=O)C(C)(OC=CC(OC)C(C)C(O)C(C)C(O)C(C)C(O)C(C)C=CC=C(C)C(=O)N3C1C)O5. The number of ketones is 1. The number of methoxy groups -OCH3 is 1. The van der Waals surface area contributed by atoms with Gasteiger partial charge in [0, 0.05) is 61.2 Å². The lowest BCUT2D eigenvalue weighted by molar-refractivity contribution is -0.553. The Hall–Kier alpha value is -4.43. The number of rotatable bonds is 2. The second-order valence-electron chi connectivity index (χ2n) is 14.8. The number of aromatic hydroxyl groups is 3. The van der Waals surface area contributed by atoms with Crippen molar-refractivity contribution in [1.29, 1.82) is 0 Å². The van der Waals surface area contributed by atoms with Crippen molar-refractivity contribution >= 4 is 34.4 Å². The van der Waals surface area contributed by atoms with Crippen LogP contribution < -0.4 is 9.64 Å². The first kappa shape index (κ1) is 39.8. The summed E-state index contributed by atoms with van der Waals surface area (Å²) in [6.45, 7) is 15.4. The van der Waals surface area contributed by atoms with E-state index in [-0.39, 0.29) is 44.5 Å². The van der Waals surface area contributed by atoms with Crippen LogP contribution in [0.15, 0.2) is 36.1 Å². The number of benzene rings is 2. The highest BCUT2D eigenvalue weighted by Crippen LogP contribution is 2.56. The number of carbonyl (C=O) groups is 2. The lowest BCUT2D eigenvalue weighted by atomic mass is 9.78. The van der Waals surface area contributed by atoms with Crippen LogP contribution in [-0.4, -0.2) is 103 Å². The Labute approximate surface area is 309 Å². The Balaban J connectivity index is 1.75. The number of allylic oxidation sites excluding steroid dienone is 2. The maximum Gasteiger partial charge on any atom is 0.312 e. The van der Waals surface area contributed by atoms with Crippen LogP contribution in [0.3, 0.4) is 0 Å². The minimum absolute atomic E-state index is 0.0472. The second-order valence-corrected chi connectivity index (χ2v) is 14.8. The number of phenolic OH excluding ortho intramolecular Hbond substituents is 3. The molecular formula is C40H53N2O11+. The molecule has 53 heavy (non-hydrogen) atoms. The van der Waals surface area contributed by atoms with Crippen molar-refractivity contribution in [3.63, 3.8) is 0 Å². The summed E-state index contributed by atoms with van der Waals surface area (Å²) < 4.78 is 19.4. The fourth-order valence-electron chi connectivity index (χ4n) is 7.79. The molecule has 0 saturated heterocycles. The zero-order valence-corrected chi connectivity index (χ0v) is 32.0. The van der Waals surface area contributed by atoms with Gasteiger partial charge in [-0.3, -0.25) is 9.59 Å². The largest absolute Gasteiger partial charge is 0.507 e. The molecule has 0 radical (unpaired) electrons. The molecule has 7 bridgehead atoms. The normalized spacial score (nSPS) is 32.5. The van der Waals surface area contributed by atoms with Gasteiger partial charge in [0.1, 0.15) is 35.0 Å². The van der Waals surface area contributed by atoms with E-state index in [2.05, 4.69) is 0 Å². The zero-order valence-electron chi connectivity index (χ0n) is 32.0. The van der Waals surface area contributed by atoms with Crippen LogP contribution in [0.4, 0.5) is 5.69 Å². The smallest absolute Gasteiger partial charge is 0.312 e. The summed E-state index contributed by atoms with van der Waals surface area (Å²) in [5, 5.41) is 68.9. The summed E-state index contributed by atoms with van der Waals surface area (Å²) in [6, 6.07) is 0. The molecule has 10 unspecified atom stereocenters. The van der Waals surface area contributed by atoms with Gasteiger partial charge in [0.15, 0.2) is 12.0 Å². The lowest BCUT2D eigenvalue weighted by Crippen LogP contribution is -2.49.